The van der Waals surface area contributed by atoms with E-state index in [2.05, 4.69) is 10.3 Å². The maximum Gasteiger partial charge on any atom is 0.226 e. The Bertz CT molecular complexity index is 564. The summed E-state index contributed by atoms with van der Waals surface area (Å²) in [6.45, 7) is 0.515. The molecule has 1 aliphatic rings. The number of amides is 1. The van der Waals surface area contributed by atoms with Crippen molar-refractivity contribution in [1.29, 1.82) is 0 Å². The summed E-state index contributed by atoms with van der Waals surface area (Å²) in [4.78, 5) is 16.4. The molecule has 1 saturated carbocycles. The van der Waals surface area contributed by atoms with Gasteiger partial charge in [0.05, 0.1) is 12.1 Å². The highest BCUT2D eigenvalue weighted by atomic mass is 35.5. The largest absolute Gasteiger partial charge is 0.351 e. The lowest BCUT2D eigenvalue weighted by Crippen LogP contribution is -2.42. The molecule has 21 heavy (non-hydrogen) atoms. The maximum absolute atomic E-state index is 12.0. The number of carbonyl (C=O) groups excluding carboxylic acids is 1. The van der Waals surface area contributed by atoms with Crippen molar-refractivity contribution < 1.29 is 4.79 Å². The van der Waals surface area contributed by atoms with Crippen LogP contribution in [0.1, 0.15) is 18.5 Å². The molecule has 0 saturated heterocycles. The number of imidazole rings is 1. The quantitative estimate of drug-likeness (QED) is 0.874. The molecule has 1 amide bonds. The van der Waals surface area contributed by atoms with Crippen molar-refractivity contribution in [3.8, 4) is 0 Å². The second-order valence-electron chi connectivity index (χ2n) is 5.12. The summed E-state index contributed by atoms with van der Waals surface area (Å²) in [6.07, 6.45) is 6.48. The van der Waals surface area contributed by atoms with E-state index < -0.39 is 0 Å². The molecule has 0 aromatic carbocycles. The van der Waals surface area contributed by atoms with Crippen LogP contribution in [0.25, 0.3) is 5.65 Å². The molecular formula is C14H20Cl2N4O. The first-order chi connectivity index (χ1) is 9.26. The minimum Gasteiger partial charge on any atom is -0.351 e. The smallest absolute Gasteiger partial charge is 0.226 e. The van der Waals surface area contributed by atoms with Gasteiger partial charge in [0.15, 0.2) is 0 Å². The van der Waals surface area contributed by atoms with Crippen molar-refractivity contribution in [2.75, 3.05) is 6.54 Å². The van der Waals surface area contributed by atoms with Crippen LogP contribution in [0.3, 0.4) is 0 Å². The van der Waals surface area contributed by atoms with E-state index >= 15 is 0 Å². The Morgan fingerprint density at radius 1 is 1.43 bits per heavy atom. The third-order valence-corrected chi connectivity index (χ3v) is 3.55. The SMILES string of the molecule is Cl.Cl.NCC(NC(=O)Cc1cn2ccccc2n1)C1CC1. The van der Waals surface area contributed by atoms with Gasteiger partial charge in [-0.15, -0.1) is 24.8 Å². The molecule has 0 bridgehead atoms. The van der Waals surface area contributed by atoms with E-state index in [-0.39, 0.29) is 36.8 Å². The molecule has 0 radical (unpaired) electrons. The number of hydrogen-bond acceptors (Lipinski definition) is 3. The van der Waals surface area contributed by atoms with Crippen molar-refractivity contribution in [3.63, 3.8) is 0 Å². The highest BCUT2D eigenvalue weighted by Gasteiger charge is 2.31. The van der Waals surface area contributed by atoms with Crippen molar-refractivity contribution in [2.45, 2.75) is 25.3 Å². The number of nitrogens with one attached hydrogen (secondary N) is 1. The van der Waals surface area contributed by atoms with Gasteiger partial charge in [0.25, 0.3) is 0 Å². The first-order valence-electron chi connectivity index (χ1n) is 6.68. The van der Waals surface area contributed by atoms with Crippen LogP contribution in [0.5, 0.6) is 0 Å². The van der Waals surface area contributed by atoms with Gasteiger partial charge in [0.2, 0.25) is 5.91 Å². The number of rotatable bonds is 5. The molecule has 3 rings (SSSR count). The van der Waals surface area contributed by atoms with E-state index in [0.29, 0.717) is 18.9 Å². The van der Waals surface area contributed by atoms with Gasteiger partial charge in [-0.2, -0.15) is 0 Å². The summed E-state index contributed by atoms with van der Waals surface area (Å²) < 4.78 is 1.92. The Balaban J connectivity index is 0.00000110. The summed E-state index contributed by atoms with van der Waals surface area (Å²) in [7, 11) is 0. The third-order valence-electron chi connectivity index (χ3n) is 3.55. The van der Waals surface area contributed by atoms with Gasteiger partial charge in [0, 0.05) is 25.0 Å². The Labute approximate surface area is 136 Å². The first-order valence-corrected chi connectivity index (χ1v) is 6.68. The maximum atomic E-state index is 12.0. The molecule has 1 fully saturated rings. The number of fused-ring (bicyclic) bond motifs is 1. The number of nitrogens with zero attached hydrogens (tertiary/aromatic N) is 2. The molecule has 116 valence electrons. The molecule has 2 heterocycles. The predicted octanol–water partition coefficient (Wildman–Crippen LogP) is 1.57. The highest BCUT2D eigenvalue weighted by Crippen LogP contribution is 2.32. The molecule has 1 atom stereocenters. The van der Waals surface area contributed by atoms with Gasteiger partial charge in [-0.05, 0) is 30.9 Å². The number of halogens is 2. The van der Waals surface area contributed by atoms with E-state index in [1.54, 1.807) is 0 Å². The average molecular weight is 331 g/mol. The fraction of sp³-hybridized carbons (Fsp3) is 0.429. The third kappa shape index (κ3) is 4.33. The molecule has 0 aliphatic heterocycles. The summed E-state index contributed by atoms with van der Waals surface area (Å²) in [6, 6.07) is 5.93. The Morgan fingerprint density at radius 2 is 2.19 bits per heavy atom. The molecule has 0 spiro atoms. The van der Waals surface area contributed by atoms with Gasteiger partial charge in [0.1, 0.15) is 5.65 Å². The van der Waals surface area contributed by atoms with Gasteiger partial charge in [-0.1, -0.05) is 6.07 Å². The Hall–Kier alpha value is -1.30. The van der Waals surface area contributed by atoms with Crippen LogP contribution in [0.15, 0.2) is 30.6 Å². The molecule has 7 heteroatoms. The second-order valence-corrected chi connectivity index (χ2v) is 5.12. The predicted molar refractivity (Wildman–Crippen MR) is 87.1 cm³/mol. The summed E-state index contributed by atoms with van der Waals surface area (Å²) in [5.41, 5.74) is 7.33. The lowest BCUT2D eigenvalue weighted by atomic mass is 10.2. The van der Waals surface area contributed by atoms with Crippen molar-refractivity contribution >= 4 is 36.4 Å². The van der Waals surface area contributed by atoms with Crippen molar-refractivity contribution in [3.05, 3.63) is 36.3 Å². The van der Waals surface area contributed by atoms with Gasteiger partial charge in [-0.3, -0.25) is 4.79 Å². The number of nitrogens with two attached hydrogens (primary N) is 1. The van der Waals surface area contributed by atoms with Crippen LogP contribution in [0.4, 0.5) is 0 Å². The summed E-state index contributed by atoms with van der Waals surface area (Å²) in [5.74, 6) is 0.584. The lowest BCUT2D eigenvalue weighted by molar-refractivity contribution is -0.121. The monoisotopic (exact) mass is 330 g/mol. The van der Waals surface area contributed by atoms with Crippen LogP contribution in [-0.4, -0.2) is 27.9 Å². The highest BCUT2D eigenvalue weighted by molar-refractivity contribution is 5.85. The van der Waals surface area contributed by atoms with Crippen LogP contribution in [0, 0.1) is 5.92 Å². The standard InChI is InChI=1S/C14H18N4O.2ClH/c15-8-12(10-4-5-10)17-14(19)7-11-9-18-6-2-1-3-13(18)16-11;;/h1-3,6,9-10,12H,4-5,7-8,15H2,(H,17,19);2*1H. The van der Waals surface area contributed by atoms with Crippen LogP contribution in [0.2, 0.25) is 0 Å². The number of carbonyl (C=O) groups is 1. The normalized spacial score (nSPS) is 14.9. The zero-order chi connectivity index (χ0) is 13.2. The number of pyridine rings is 1. The Kier molecular flexibility index (Phi) is 6.45. The second kappa shape index (κ2) is 7.64. The topological polar surface area (TPSA) is 72.4 Å². The van der Waals surface area contributed by atoms with Crippen LogP contribution >= 0.6 is 24.8 Å². The van der Waals surface area contributed by atoms with Crippen molar-refractivity contribution in [2.24, 2.45) is 11.7 Å². The molecule has 3 N–H and O–H groups in total. The van der Waals surface area contributed by atoms with Gasteiger partial charge >= 0.3 is 0 Å². The van der Waals surface area contributed by atoms with Crippen LogP contribution < -0.4 is 11.1 Å². The summed E-state index contributed by atoms with van der Waals surface area (Å²) in [5, 5.41) is 3.01. The fourth-order valence-corrected chi connectivity index (χ4v) is 2.36. The zero-order valence-electron chi connectivity index (χ0n) is 11.6. The lowest BCUT2D eigenvalue weighted by Gasteiger charge is -2.15. The minimum absolute atomic E-state index is 0. The van der Waals surface area contributed by atoms with E-state index in [1.165, 1.54) is 12.8 Å². The summed E-state index contributed by atoms with van der Waals surface area (Å²) >= 11 is 0. The molecular weight excluding hydrogens is 311 g/mol. The molecule has 1 unspecified atom stereocenters. The zero-order valence-corrected chi connectivity index (χ0v) is 13.2. The van der Waals surface area contributed by atoms with Crippen molar-refractivity contribution in [1.82, 2.24) is 14.7 Å². The van der Waals surface area contributed by atoms with E-state index in [4.69, 9.17) is 5.73 Å². The number of hydrogen-bond donors (Lipinski definition) is 2. The van der Waals surface area contributed by atoms with Gasteiger partial charge in [-0.25, -0.2) is 4.98 Å². The van der Waals surface area contributed by atoms with Crippen LogP contribution in [-0.2, 0) is 11.2 Å². The van der Waals surface area contributed by atoms with E-state index in [9.17, 15) is 4.79 Å². The molecule has 5 nitrogen and oxygen atoms in total. The molecule has 2 aromatic heterocycles. The van der Waals surface area contributed by atoms with E-state index in [1.807, 2.05) is 35.0 Å². The number of aromatic nitrogens is 2. The van der Waals surface area contributed by atoms with Gasteiger partial charge < -0.3 is 15.5 Å². The van der Waals surface area contributed by atoms with E-state index in [0.717, 1.165) is 11.3 Å². The molecule has 1 aliphatic carbocycles. The minimum atomic E-state index is 0. The fourth-order valence-electron chi connectivity index (χ4n) is 2.36. The first kappa shape index (κ1) is 17.8. The average Bonchev–Trinajstić information content (AvgIpc) is 3.16. The molecule has 2 aromatic rings. The Morgan fingerprint density at radius 3 is 2.81 bits per heavy atom.